The molecule has 0 aromatic carbocycles. The minimum atomic E-state index is -4.54. The molecular weight excluding hydrogens is 439 g/mol. The topological polar surface area (TPSA) is 105 Å². The molecule has 12 heteroatoms. The van der Waals surface area contributed by atoms with E-state index in [1.165, 1.54) is 34.1 Å². The zero-order chi connectivity index (χ0) is 23.0. The number of carbonyl (C=O) groups is 1. The Kier molecular flexibility index (Phi) is 4.02. The van der Waals surface area contributed by atoms with Crippen molar-refractivity contribution in [2.24, 2.45) is 0 Å². The van der Waals surface area contributed by atoms with E-state index in [2.05, 4.69) is 25.3 Å². The molecule has 170 valence electrons. The Labute approximate surface area is 184 Å². The maximum atomic E-state index is 13.5. The monoisotopic (exact) mass is 457 g/mol. The van der Waals surface area contributed by atoms with Crippen LogP contribution in [-0.4, -0.2) is 47.1 Å². The van der Waals surface area contributed by atoms with Crippen LogP contribution in [0, 0.1) is 0 Å². The van der Waals surface area contributed by atoms with E-state index in [0.29, 0.717) is 18.0 Å². The largest absolute Gasteiger partial charge is 0.418 e. The van der Waals surface area contributed by atoms with E-state index in [0.717, 1.165) is 24.6 Å². The Morgan fingerprint density at radius 1 is 1.30 bits per heavy atom. The number of H-pyrrole nitrogens is 1. The first-order valence-electron chi connectivity index (χ1n) is 10.5. The molecule has 0 unspecified atom stereocenters. The van der Waals surface area contributed by atoms with E-state index in [1.807, 2.05) is 6.92 Å². The zero-order valence-electron chi connectivity index (χ0n) is 17.4. The van der Waals surface area contributed by atoms with Crippen molar-refractivity contribution in [1.82, 2.24) is 34.7 Å². The van der Waals surface area contributed by atoms with E-state index in [4.69, 9.17) is 4.42 Å². The van der Waals surface area contributed by atoms with Gasteiger partial charge in [0.1, 0.15) is 6.04 Å². The highest BCUT2D eigenvalue weighted by Gasteiger charge is 2.45. The van der Waals surface area contributed by atoms with Crippen molar-refractivity contribution in [3.63, 3.8) is 0 Å². The summed E-state index contributed by atoms with van der Waals surface area (Å²) in [7, 11) is 0. The molecule has 1 amide bonds. The van der Waals surface area contributed by atoms with E-state index < -0.39 is 23.7 Å². The first kappa shape index (κ1) is 19.9. The number of nitrogens with zero attached hydrogens (tertiary/aromatic N) is 6. The van der Waals surface area contributed by atoms with E-state index in [-0.39, 0.29) is 29.1 Å². The summed E-state index contributed by atoms with van der Waals surface area (Å²) in [5.41, 5.74) is 0.490. The Balaban J connectivity index is 1.44. The number of alkyl halides is 3. The van der Waals surface area contributed by atoms with Gasteiger partial charge >= 0.3 is 18.0 Å². The van der Waals surface area contributed by atoms with Crippen molar-refractivity contribution in [3.8, 4) is 0 Å². The average Bonchev–Trinajstić information content (AvgIpc) is 3.23. The quantitative estimate of drug-likeness (QED) is 0.506. The van der Waals surface area contributed by atoms with Gasteiger partial charge in [0.15, 0.2) is 0 Å². The average molecular weight is 457 g/mol. The van der Waals surface area contributed by atoms with Gasteiger partial charge < -0.3 is 14.3 Å². The molecule has 2 aliphatic rings. The second kappa shape index (κ2) is 6.65. The zero-order valence-corrected chi connectivity index (χ0v) is 17.4. The predicted octanol–water partition coefficient (Wildman–Crippen LogP) is 3.30. The second-order valence-electron chi connectivity index (χ2n) is 8.71. The van der Waals surface area contributed by atoms with Gasteiger partial charge in [-0.1, -0.05) is 6.92 Å². The number of hydrogen-bond acceptors (Lipinski definition) is 6. The molecule has 1 saturated carbocycles. The highest BCUT2D eigenvalue weighted by molar-refractivity contribution is 5.90. The van der Waals surface area contributed by atoms with Crippen LogP contribution in [0.5, 0.6) is 0 Å². The van der Waals surface area contributed by atoms with Gasteiger partial charge in [-0.25, -0.2) is 9.50 Å². The Hall–Kier alpha value is -3.70. The first-order valence-corrected chi connectivity index (χ1v) is 10.5. The SMILES string of the molecule is CC1(c2nnc(C(=O)N3CCc4[nH]cnc4[C@@H]3c3cc4c(C(F)(F)F)cccn4n3)o2)CC1. The Morgan fingerprint density at radius 3 is 2.88 bits per heavy atom. The summed E-state index contributed by atoms with van der Waals surface area (Å²) >= 11 is 0. The van der Waals surface area contributed by atoms with Crippen LogP contribution < -0.4 is 0 Å². The number of carbonyl (C=O) groups excluding carboxylic acids is 1. The molecular formula is C21H18F3N7O2. The maximum Gasteiger partial charge on any atom is 0.418 e. The van der Waals surface area contributed by atoms with Crippen LogP contribution >= 0.6 is 0 Å². The van der Waals surface area contributed by atoms with Gasteiger partial charge in [0, 0.05) is 30.3 Å². The minimum Gasteiger partial charge on any atom is -0.416 e. The number of aromatic amines is 1. The van der Waals surface area contributed by atoms with Gasteiger partial charge in [-0.2, -0.15) is 18.3 Å². The van der Waals surface area contributed by atoms with Crippen molar-refractivity contribution in [3.05, 3.63) is 65.1 Å². The van der Waals surface area contributed by atoms with Crippen LogP contribution in [-0.2, 0) is 18.0 Å². The lowest BCUT2D eigenvalue weighted by Gasteiger charge is -2.32. The maximum absolute atomic E-state index is 13.5. The first-order chi connectivity index (χ1) is 15.7. The molecule has 33 heavy (non-hydrogen) atoms. The number of amides is 1. The van der Waals surface area contributed by atoms with Crippen molar-refractivity contribution in [1.29, 1.82) is 0 Å². The van der Waals surface area contributed by atoms with E-state index >= 15 is 0 Å². The van der Waals surface area contributed by atoms with Crippen molar-refractivity contribution in [2.75, 3.05) is 6.54 Å². The molecule has 9 nitrogen and oxygen atoms in total. The molecule has 4 aromatic rings. The molecule has 0 radical (unpaired) electrons. The summed E-state index contributed by atoms with van der Waals surface area (Å²) in [6, 6.07) is 2.83. The van der Waals surface area contributed by atoms with Gasteiger partial charge in [-0.05, 0) is 31.0 Å². The fraction of sp³-hybridized carbons (Fsp3) is 0.381. The number of rotatable bonds is 3. The second-order valence-corrected chi connectivity index (χ2v) is 8.71. The van der Waals surface area contributed by atoms with Crippen LogP contribution in [0.4, 0.5) is 13.2 Å². The number of pyridine rings is 1. The molecule has 1 N–H and O–H groups in total. The smallest absolute Gasteiger partial charge is 0.416 e. The van der Waals surface area contributed by atoms with Gasteiger partial charge in [-0.15, -0.1) is 10.2 Å². The lowest BCUT2D eigenvalue weighted by molar-refractivity contribution is -0.136. The van der Waals surface area contributed by atoms with Gasteiger partial charge in [0.25, 0.3) is 0 Å². The van der Waals surface area contributed by atoms with Crippen LogP contribution in [0.3, 0.4) is 0 Å². The summed E-state index contributed by atoms with van der Waals surface area (Å²) < 4.78 is 47.5. The lowest BCUT2D eigenvalue weighted by Crippen LogP contribution is -2.41. The molecule has 0 saturated heterocycles. The normalized spacial score (nSPS) is 19.6. The number of halogens is 3. The van der Waals surface area contributed by atoms with E-state index in [9.17, 15) is 18.0 Å². The molecule has 0 bridgehead atoms. The number of hydrogen-bond donors (Lipinski definition) is 1. The van der Waals surface area contributed by atoms with Crippen LogP contribution in [0.2, 0.25) is 0 Å². The molecule has 5 heterocycles. The van der Waals surface area contributed by atoms with Crippen molar-refractivity contribution in [2.45, 2.75) is 43.8 Å². The third-order valence-electron chi connectivity index (χ3n) is 6.42. The minimum absolute atomic E-state index is 0.100. The van der Waals surface area contributed by atoms with Gasteiger partial charge in [0.2, 0.25) is 5.89 Å². The fourth-order valence-corrected chi connectivity index (χ4v) is 4.28. The number of imidazole rings is 1. The lowest BCUT2D eigenvalue weighted by atomic mass is 9.99. The highest BCUT2D eigenvalue weighted by Crippen LogP contribution is 2.47. The molecule has 0 spiro atoms. The molecule has 1 aliphatic carbocycles. The Bertz CT molecular complexity index is 1380. The molecule has 1 aliphatic heterocycles. The number of nitrogens with one attached hydrogen (secondary N) is 1. The molecule has 1 fully saturated rings. The number of fused-ring (bicyclic) bond motifs is 2. The van der Waals surface area contributed by atoms with Gasteiger partial charge in [0.05, 0.1) is 28.8 Å². The van der Waals surface area contributed by atoms with Crippen LogP contribution in [0.25, 0.3) is 5.52 Å². The van der Waals surface area contributed by atoms with Crippen molar-refractivity contribution < 1.29 is 22.4 Å². The molecule has 1 atom stereocenters. The van der Waals surface area contributed by atoms with Gasteiger partial charge in [-0.3, -0.25) is 4.79 Å². The summed E-state index contributed by atoms with van der Waals surface area (Å²) in [6.45, 7) is 2.27. The van der Waals surface area contributed by atoms with Crippen molar-refractivity contribution >= 4 is 11.4 Å². The third kappa shape index (κ3) is 3.11. The summed E-state index contributed by atoms with van der Waals surface area (Å²) in [4.78, 5) is 22.3. The third-order valence-corrected chi connectivity index (χ3v) is 6.42. The molecule has 4 aromatic heterocycles. The Morgan fingerprint density at radius 2 is 2.12 bits per heavy atom. The standard InChI is InChI=1S/C21H18F3N7O2/c1-20(5-6-20)19-28-27-17(33-19)18(32)30-8-4-12-15(26-10-25-12)16(30)13-9-14-11(21(22,23)24)3-2-7-31(14)29-13/h2-3,7,9-10,16H,4-6,8H2,1H3,(H,25,26)/t16-/m0/s1. The summed E-state index contributed by atoms with van der Waals surface area (Å²) in [5, 5.41) is 12.4. The fourth-order valence-electron chi connectivity index (χ4n) is 4.28. The highest BCUT2D eigenvalue weighted by atomic mass is 19.4. The van der Waals surface area contributed by atoms with Crippen LogP contribution in [0.1, 0.15) is 65.0 Å². The van der Waals surface area contributed by atoms with Crippen LogP contribution in [0.15, 0.2) is 35.1 Å². The van der Waals surface area contributed by atoms with E-state index in [1.54, 1.807) is 0 Å². The predicted molar refractivity (Wildman–Crippen MR) is 106 cm³/mol. The molecule has 6 rings (SSSR count). The summed E-state index contributed by atoms with van der Waals surface area (Å²) in [5.74, 6) is -0.242. The number of aromatic nitrogens is 6. The summed E-state index contributed by atoms with van der Waals surface area (Å²) in [6.07, 6.45) is 0.718.